The maximum Gasteiger partial charge on any atom is 0.339 e. The summed E-state index contributed by atoms with van der Waals surface area (Å²) in [6, 6.07) is 20.7. The fourth-order valence-corrected chi connectivity index (χ4v) is 2.85. The normalized spacial score (nSPS) is 10.5. The molecule has 0 aromatic heterocycles. The van der Waals surface area contributed by atoms with E-state index in [9.17, 15) is 9.59 Å². The van der Waals surface area contributed by atoms with Gasteiger partial charge in [0.05, 0.1) is 5.56 Å². The van der Waals surface area contributed by atoms with Crippen molar-refractivity contribution in [2.45, 2.75) is 20.8 Å². The van der Waals surface area contributed by atoms with Crippen molar-refractivity contribution in [3.8, 4) is 11.1 Å². The van der Waals surface area contributed by atoms with Crippen LogP contribution in [0.25, 0.3) is 11.1 Å². The van der Waals surface area contributed by atoms with Gasteiger partial charge < -0.3 is 4.74 Å². The first-order valence-corrected chi connectivity index (χ1v) is 8.89. The van der Waals surface area contributed by atoms with Crippen LogP contribution in [-0.2, 0) is 4.74 Å². The number of benzene rings is 3. The molecule has 3 heteroatoms. The molecule has 0 atom stereocenters. The van der Waals surface area contributed by atoms with E-state index < -0.39 is 5.97 Å². The van der Waals surface area contributed by atoms with Gasteiger partial charge in [0, 0.05) is 5.56 Å². The van der Waals surface area contributed by atoms with Crippen molar-refractivity contribution in [3.63, 3.8) is 0 Å². The summed E-state index contributed by atoms with van der Waals surface area (Å²) in [6.45, 7) is 5.69. The first-order chi connectivity index (χ1) is 13.0. The Balaban J connectivity index is 1.76. The lowest BCUT2D eigenvalue weighted by atomic mass is 9.99. The Morgan fingerprint density at radius 1 is 0.815 bits per heavy atom. The molecule has 0 amide bonds. The maximum absolute atomic E-state index is 12.6. The van der Waals surface area contributed by atoms with Gasteiger partial charge in [-0.15, -0.1) is 0 Å². The van der Waals surface area contributed by atoms with Crippen LogP contribution < -0.4 is 0 Å². The fourth-order valence-electron chi connectivity index (χ4n) is 2.85. The minimum absolute atomic E-state index is 0.209. The Labute approximate surface area is 159 Å². The molecule has 0 spiro atoms. The Bertz CT molecular complexity index is 985. The molecule has 0 aliphatic heterocycles. The van der Waals surface area contributed by atoms with E-state index in [2.05, 4.69) is 0 Å². The highest BCUT2D eigenvalue weighted by Gasteiger charge is 2.16. The van der Waals surface area contributed by atoms with Crippen molar-refractivity contribution in [1.82, 2.24) is 0 Å². The van der Waals surface area contributed by atoms with Gasteiger partial charge in [0.1, 0.15) is 0 Å². The number of hydrogen-bond acceptors (Lipinski definition) is 3. The highest BCUT2D eigenvalue weighted by atomic mass is 16.5. The molecular weight excluding hydrogens is 336 g/mol. The van der Waals surface area contributed by atoms with Gasteiger partial charge in [-0.3, -0.25) is 4.79 Å². The fraction of sp³-hybridized carbons (Fsp3) is 0.167. The second-order valence-electron chi connectivity index (χ2n) is 6.71. The molecule has 0 saturated heterocycles. The van der Waals surface area contributed by atoms with Crippen molar-refractivity contribution in [3.05, 3.63) is 94.5 Å². The number of aryl methyl sites for hydroxylation is 3. The molecule has 0 N–H and O–H groups in total. The molecule has 0 saturated carbocycles. The summed E-state index contributed by atoms with van der Waals surface area (Å²) in [6.07, 6.45) is 0. The largest absolute Gasteiger partial charge is 0.454 e. The first kappa shape index (κ1) is 18.6. The Hall–Kier alpha value is -3.20. The molecule has 0 bridgehead atoms. The van der Waals surface area contributed by atoms with Gasteiger partial charge in [-0.25, -0.2) is 4.79 Å². The third kappa shape index (κ3) is 4.32. The number of rotatable bonds is 5. The summed E-state index contributed by atoms with van der Waals surface area (Å²) in [5, 5.41) is 0. The van der Waals surface area contributed by atoms with Crippen LogP contribution in [0.2, 0.25) is 0 Å². The van der Waals surface area contributed by atoms with E-state index in [4.69, 9.17) is 4.74 Å². The summed E-state index contributed by atoms with van der Waals surface area (Å²) in [4.78, 5) is 24.9. The van der Waals surface area contributed by atoms with E-state index in [1.54, 1.807) is 18.2 Å². The highest BCUT2D eigenvalue weighted by molar-refractivity contribution is 6.01. The zero-order valence-electron chi connectivity index (χ0n) is 15.8. The van der Waals surface area contributed by atoms with E-state index in [0.29, 0.717) is 11.1 Å². The Morgan fingerprint density at radius 3 is 2.22 bits per heavy atom. The first-order valence-electron chi connectivity index (χ1n) is 8.89. The van der Waals surface area contributed by atoms with Crippen molar-refractivity contribution in [2.75, 3.05) is 6.61 Å². The van der Waals surface area contributed by atoms with Gasteiger partial charge in [-0.05, 0) is 55.2 Å². The molecule has 27 heavy (non-hydrogen) atoms. The van der Waals surface area contributed by atoms with Crippen LogP contribution in [0, 0.1) is 20.8 Å². The van der Waals surface area contributed by atoms with Crippen LogP contribution in [0.15, 0.2) is 66.7 Å². The van der Waals surface area contributed by atoms with Crippen molar-refractivity contribution >= 4 is 11.8 Å². The van der Waals surface area contributed by atoms with E-state index in [1.807, 2.05) is 69.3 Å². The van der Waals surface area contributed by atoms with Crippen molar-refractivity contribution in [2.24, 2.45) is 0 Å². The Morgan fingerprint density at radius 2 is 1.52 bits per heavy atom. The van der Waals surface area contributed by atoms with Gasteiger partial charge in [0.25, 0.3) is 0 Å². The summed E-state index contributed by atoms with van der Waals surface area (Å²) in [5.74, 6) is -0.706. The van der Waals surface area contributed by atoms with E-state index in [0.717, 1.165) is 27.8 Å². The molecule has 0 heterocycles. The summed E-state index contributed by atoms with van der Waals surface area (Å²) in [5.41, 5.74) is 6.05. The zero-order valence-corrected chi connectivity index (χ0v) is 15.8. The van der Waals surface area contributed by atoms with E-state index >= 15 is 0 Å². The summed E-state index contributed by atoms with van der Waals surface area (Å²) >= 11 is 0. The average molecular weight is 358 g/mol. The molecule has 0 aliphatic rings. The van der Waals surface area contributed by atoms with Crippen molar-refractivity contribution in [1.29, 1.82) is 0 Å². The second-order valence-corrected chi connectivity index (χ2v) is 6.71. The van der Waals surface area contributed by atoms with Gasteiger partial charge in [0.15, 0.2) is 12.4 Å². The van der Waals surface area contributed by atoms with Crippen LogP contribution in [0.1, 0.15) is 37.4 Å². The van der Waals surface area contributed by atoms with Crippen LogP contribution >= 0.6 is 0 Å². The number of carbonyl (C=O) groups is 2. The number of ether oxygens (including phenoxy) is 1. The molecule has 136 valence electrons. The SMILES string of the molecule is Cc1ccc(-c2ccccc2C(=O)OCC(=O)c2ccc(C)c(C)c2)cc1. The van der Waals surface area contributed by atoms with Crippen LogP contribution in [-0.4, -0.2) is 18.4 Å². The maximum atomic E-state index is 12.6. The van der Waals surface area contributed by atoms with Gasteiger partial charge in [0.2, 0.25) is 0 Å². The predicted octanol–water partition coefficient (Wildman–Crippen LogP) is 5.32. The number of Topliss-reactive ketones (excluding diaryl/α,β-unsaturated/α-hetero) is 1. The smallest absolute Gasteiger partial charge is 0.339 e. The molecule has 0 unspecified atom stereocenters. The van der Waals surface area contributed by atoms with Gasteiger partial charge >= 0.3 is 5.97 Å². The average Bonchev–Trinajstić information content (AvgIpc) is 2.68. The molecule has 0 aliphatic carbocycles. The number of hydrogen-bond donors (Lipinski definition) is 0. The molecular formula is C24H22O3. The van der Waals surface area contributed by atoms with Gasteiger partial charge in [-0.2, -0.15) is 0 Å². The third-order valence-electron chi connectivity index (χ3n) is 4.67. The molecule has 3 nitrogen and oxygen atoms in total. The summed E-state index contributed by atoms with van der Waals surface area (Å²) in [7, 11) is 0. The number of ketones is 1. The minimum atomic E-state index is -0.497. The molecule has 3 rings (SSSR count). The second kappa shape index (κ2) is 8.00. The van der Waals surface area contributed by atoms with Crippen LogP contribution in [0.5, 0.6) is 0 Å². The number of esters is 1. The minimum Gasteiger partial charge on any atom is -0.454 e. The zero-order chi connectivity index (χ0) is 19.4. The quantitative estimate of drug-likeness (QED) is 0.458. The molecule has 0 fully saturated rings. The lowest BCUT2D eigenvalue weighted by Crippen LogP contribution is -2.15. The monoisotopic (exact) mass is 358 g/mol. The van der Waals surface area contributed by atoms with E-state index in [1.165, 1.54) is 0 Å². The molecule has 3 aromatic rings. The summed E-state index contributed by atoms with van der Waals surface area (Å²) < 4.78 is 5.31. The highest BCUT2D eigenvalue weighted by Crippen LogP contribution is 2.24. The van der Waals surface area contributed by atoms with Crippen LogP contribution in [0.4, 0.5) is 0 Å². The predicted molar refractivity (Wildman–Crippen MR) is 107 cm³/mol. The Kier molecular flexibility index (Phi) is 5.51. The number of carbonyl (C=O) groups excluding carboxylic acids is 2. The van der Waals surface area contributed by atoms with Gasteiger partial charge in [-0.1, -0.05) is 60.2 Å². The van der Waals surface area contributed by atoms with E-state index in [-0.39, 0.29) is 12.4 Å². The molecule has 0 radical (unpaired) electrons. The standard InChI is InChI=1S/C24H22O3/c1-16-8-11-19(12-9-16)21-6-4-5-7-22(21)24(26)27-15-23(25)20-13-10-17(2)18(3)14-20/h4-14H,15H2,1-3H3. The van der Waals surface area contributed by atoms with Crippen molar-refractivity contribution < 1.29 is 14.3 Å². The molecule has 3 aromatic carbocycles. The lowest BCUT2D eigenvalue weighted by Gasteiger charge is -2.10. The lowest BCUT2D eigenvalue weighted by molar-refractivity contribution is 0.0475. The topological polar surface area (TPSA) is 43.4 Å². The third-order valence-corrected chi connectivity index (χ3v) is 4.67. The van der Waals surface area contributed by atoms with Crippen LogP contribution in [0.3, 0.4) is 0 Å².